The van der Waals surface area contributed by atoms with Gasteiger partial charge in [-0.25, -0.2) is 0 Å². The van der Waals surface area contributed by atoms with Crippen LogP contribution in [0.5, 0.6) is 0 Å². The van der Waals surface area contributed by atoms with E-state index in [1.807, 2.05) is 0 Å². The van der Waals surface area contributed by atoms with Crippen molar-refractivity contribution in [2.45, 2.75) is 424 Å². The Bertz CT molecular complexity index is 1250. The van der Waals surface area contributed by atoms with Crippen molar-refractivity contribution in [3.63, 3.8) is 0 Å². The van der Waals surface area contributed by atoms with Gasteiger partial charge >= 0.3 is 5.97 Å². The molecule has 0 rings (SSSR count). The van der Waals surface area contributed by atoms with Gasteiger partial charge in [-0.1, -0.05) is 366 Å². The summed E-state index contributed by atoms with van der Waals surface area (Å²) in [6.07, 6.45) is 88.0. The van der Waals surface area contributed by atoms with Crippen molar-refractivity contribution in [3.05, 3.63) is 24.3 Å². The zero-order valence-electron chi connectivity index (χ0n) is 54.3. The largest absolute Gasteiger partial charge is 0.466 e. The van der Waals surface area contributed by atoms with E-state index in [9.17, 15) is 19.8 Å². The highest BCUT2D eigenvalue weighted by Gasteiger charge is 2.20. The van der Waals surface area contributed by atoms with Crippen LogP contribution in [0.2, 0.25) is 0 Å². The van der Waals surface area contributed by atoms with Crippen molar-refractivity contribution in [3.8, 4) is 0 Å². The highest BCUT2D eigenvalue weighted by atomic mass is 16.5. The molecule has 2 unspecified atom stereocenters. The Labute approximate surface area is 501 Å². The number of esters is 1. The Morgan fingerprint density at radius 3 is 0.950 bits per heavy atom. The lowest BCUT2D eigenvalue weighted by atomic mass is 10.0. The van der Waals surface area contributed by atoms with E-state index in [-0.39, 0.29) is 18.5 Å². The fourth-order valence-electron chi connectivity index (χ4n) is 11.7. The first-order valence-electron chi connectivity index (χ1n) is 36.6. The summed E-state index contributed by atoms with van der Waals surface area (Å²) < 4.78 is 5.49. The average Bonchev–Trinajstić information content (AvgIpc) is 3.46. The van der Waals surface area contributed by atoms with Gasteiger partial charge in [0, 0.05) is 12.8 Å². The second-order valence-corrected chi connectivity index (χ2v) is 25.3. The maximum atomic E-state index is 12.6. The minimum Gasteiger partial charge on any atom is -0.466 e. The number of carbonyl (C=O) groups excluding carboxylic acids is 2. The summed E-state index contributed by atoms with van der Waals surface area (Å²) in [5, 5.41) is 23.4. The summed E-state index contributed by atoms with van der Waals surface area (Å²) >= 11 is 0. The number of nitrogens with one attached hydrogen (secondary N) is 1. The zero-order chi connectivity index (χ0) is 57.8. The van der Waals surface area contributed by atoms with E-state index in [0.717, 1.165) is 44.9 Å². The third-order valence-corrected chi connectivity index (χ3v) is 17.3. The lowest BCUT2D eigenvalue weighted by Crippen LogP contribution is -2.45. The van der Waals surface area contributed by atoms with Gasteiger partial charge in [0.25, 0.3) is 0 Å². The topological polar surface area (TPSA) is 95.9 Å². The summed E-state index contributed by atoms with van der Waals surface area (Å²) in [5.41, 5.74) is 0. The van der Waals surface area contributed by atoms with Crippen molar-refractivity contribution < 1.29 is 24.5 Å². The number of hydrogen-bond donors (Lipinski definition) is 3. The van der Waals surface area contributed by atoms with Gasteiger partial charge in [0.05, 0.1) is 25.4 Å². The zero-order valence-corrected chi connectivity index (χ0v) is 54.3. The summed E-state index contributed by atoms with van der Waals surface area (Å²) in [6, 6.07) is -0.547. The third-order valence-electron chi connectivity index (χ3n) is 17.3. The molecule has 0 aromatic carbocycles. The number of aliphatic hydroxyl groups excluding tert-OH is 2. The Morgan fingerprint density at radius 1 is 0.350 bits per heavy atom. The summed E-state index contributed by atoms with van der Waals surface area (Å²) in [5.74, 6) is -0.0234. The molecule has 80 heavy (non-hydrogen) atoms. The molecule has 0 aliphatic heterocycles. The first-order chi connectivity index (χ1) is 39.5. The highest BCUT2D eigenvalue weighted by Crippen LogP contribution is 2.19. The number of aliphatic hydroxyl groups is 2. The first kappa shape index (κ1) is 78.3. The fraction of sp³-hybridized carbons (Fsp3) is 0.919. The molecule has 1 amide bonds. The number of allylic oxidation sites excluding steroid dienone is 4. The van der Waals surface area contributed by atoms with Crippen molar-refractivity contribution >= 4 is 11.9 Å². The van der Waals surface area contributed by atoms with Crippen LogP contribution in [0.3, 0.4) is 0 Å². The van der Waals surface area contributed by atoms with Crippen LogP contribution in [-0.4, -0.2) is 47.4 Å². The van der Waals surface area contributed by atoms with Crippen LogP contribution in [0.4, 0.5) is 0 Å². The molecule has 0 aromatic rings. The minimum absolute atomic E-state index is 0.0129. The second-order valence-electron chi connectivity index (χ2n) is 25.3. The van der Waals surface area contributed by atoms with E-state index >= 15 is 0 Å². The highest BCUT2D eigenvalue weighted by molar-refractivity contribution is 5.76. The van der Waals surface area contributed by atoms with Crippen molar-refractivity contribution in [2.75, 3.05) is 13.2 Å². The summed E-state index contributed by atoms with van der Waals surface area (Å²) in [7, 11) is 0. The molecule has 6 nitrogen and oxygen atoms in total. The smallest absolute Gasteiger partial charge is 0.305 e. The van der Waals surface area contributed by atoms with Crippen LogP contribution < -0.4 is 5.32 Å². The molecular weight excluding hydrogens is 983 g/mol. The molecule has 0 heterocycles. The minimum atomic E-state index is -0.670. The molecule has 2 atom stereocenters. The summed E-state index contributed by atoms with van der Waals surface area (Å²) in [6.45, 7) is 4.99. The van der Waals surface area contributed by atoms with Crippen molar-refractivity contribution in [1.29, 1.82) is 0 Å². The number of rotatable bonds is 69. The molecule has 0 saturated heterocycles. The number of hydrogen-bond acceptors (Lipinski definition) is 5. The molecule has 0 spiro atoms. The van der Waals surface area contributed by atoms with E-state index < -0.39 is 12.1 Å². The summed E-state index contributed by atoms with van der Waals surface area (Å²) in [4.78, 5) is 24.6. The van der Waals surface area contributed by atoms with Gasteiger partial charge in [0.1, 0.15) is 0 Å². The van der Waals surface area contributed by atoms with E-state index in [2.05, 4.69) is 43.5 Å². The molecule has 0 aliphatic carbocycles. The van der Waals surface area contributed by atoms with Gasteiger partial charge in [0.15, 0.2) is 0 Å². The van der Waals surface area contributed by atoms with E-state index in [1.54, 1.807) is 0 Å². The molecule has 0 aromatic heterocycles. The third kappa shape index (κ3) is 65.5. The van der Waals surface area contributed by atoms with Crippen LogP contribution in [0.15, 0.2) is 24.3 Å². The monoisotopic (exact) mass is 1130 g/mol. The molecule has 0 saturated carbocycles. The molecule has 0 aliphatic rings. The van der Waals surface area contributed by atoms with Crippen molar-refractivity contribution in [1.82, 2.24) is 5.32 Å². The van der Waals surface area contributed by atoms with Crippen LogP contribution in [0.25, 0.3) is 0 Å². The Morgan fingerprint density at radius 2 is 0.625 bits per heavy atom. The predicted octanol–water partition coefficient (Wildman–Crippen LogP) is 23.7. The maximum Gasteiger partial charge on any atom is 0.305 e. The Balaban J connectivity index is 3.42. The molecular formula is C74H143NO5. The fourth-order valence-corrected chi connectivity index (χ4v) is 11.7. The van der Waals surface area contributed by atoms with E-state index in [4.69, 9.17) is 4.74 Å². The maximum absolute atomic E-state index is 12.6. The molecule has 474 valence electrons. The molecule has 6 heteroatoms. The number of amides is 1. The molecule has 0 radical (unpaired) electrons. The van der Waals surface area contributed by atoms with E-state index in [1.165, 1.54) is 334 Å². The van der Waals surface area contributed by atoms with E-state index in [0.29, 0.717) is 25.9 Å². The predicted molar refractivity (Wildman–Crippen MR) is 352 cm³/mol. The van der Waals surface area contributed by atoms with Gasteiger partial charge in [-0.15, -0.1) is 0 Å². The Kier molecular flexibility index (Phi) is 68.4. The van der Waals surface area contributed by atoms with Crippen molar-refractivity contribution in [2.24, 2.45) is 0 Å². The average molecular weight is 1130 g/mol. The normalized spacial score (nSPS) is 12.6. The van der Waals surface area contributed by atoms with Gasteiger partial charge in [-0.3, -0.25) is 9.59 Å². The first-order valence-corrected chi connectivity index (χ1v) is 36.6. The lowest BCUT2D eigenvalue weighted by molar-refractivity contribution is -0.143. The molecule has 3 N–H and O–H groups in total. The quantitative estimate of drug-likeness (QED) is 0.0320. The van der Waals surface area contributed by atoms with Gasteiger partial charge < -0.3 is 20.3 Å². The Hall–Kier alpha value is -1.66. The number of ether oxygens (including phenoxy) is 1. The van der Waals surface area contributed by atoms with Crippen LogP contribution in [0, 0.1) is 0 Å². The SMILES string of the molecule is CCCCCCCCCCCCCCCCCCCCCCCCCC(O)C(CO)NC(=O)CCCCCCCCCCC/C=C\C/C=C\CCCCCCCCCCCOC(=O)CCCCCCCCCCCCCCCCC. The van der Waals surface area contributed by atoms with Crippen LogP contribution in [-0.2, 0) is 14.3 Å². The standard InChI is InChI=1S/C74H143NO5/c1-3-5-7-9-11-13-15-17-19-20-21-22-26-29-32-35-39-42-46-50-54-58-62-66-72(77)71(70-76)75-73(78)67-63-59-55-51-47-43-40-36-33-30-27-24-23-25-28-31-34-37-41-45-49-53-57-61-65-69-80-74(79)68-64-60-56-52-48-44-38-18-16-14-12-10-8-6-4-2/h24-25,27-28,71-72,76-77H,3-23,26,29-70H2,1-2H3,(H,75,78)/b27-24-,28-25-. The van der Waals surface area contributed by atoms with Gasteiger partial charge in [-0.05, 0) is 57.8 Å². The van der Waals surface area contributed by atoms with Crippen LogP contribution in [0.1, 0.15) is 412 Å². The second kappa shape index (κ2) is 69.8. The lowest BCUT2D eigenvalue weighted by Gasteiger charge is -2.22. The van der Waals surface area contributed by atoms with Crippen LogP contribution >= 0.6 is 0 Å². The molecule has 0 bridgehead atoms. The van der Waals surface area contributed by atoms with Gasteiger partial charge in [0.2, 0.25) is 5.91 Å². The number of unbranched alkanes of at least 4 members (excludes halogenated alkanes) is 54. The number of carbonyl (C=O) groups is 2. The van der Waals surface area contributed by atoms with Gasteiger partial charge in [-0.2, -0.15) is 0 Å². The molecule has 0 fully saturated rings.